The first-order valence-electron chi connectivity index (χ1n) is 9.52. The predicted octanol–water partition coefficient (Wildman–Crippen LogP) is 1.57. The highest BCUT2D eigenvalue weighted by Gasteiger charge is 2.10. The molecule has 0 fully saturated rings. The number of benzene rings is 2. The van der Waals surface area contributed by atoms with E-state index in [0.717, 1.165) is 16.8 Å². The molecule has 0 spiro atoms. The number of aryl methyl sites for hydroxylation is 1. The molecule has 8 nitrogen and oxygen atoms in total. The lowest BCUT2D eigenvalue weighted by molar-refractivity contribution is 0.0944. The average Bonchev–Trinajstić information content (AvgIpc) is 3.20. The lowest BCUT2D eigenvalue weighted by Crippen LogP contribution is -2.26. The minimum atomic E-state index is -0.266. The summed E-state index contributed by atoms with van der Waals surface area (Å²) in [6.07, 6.45) is 3.25. The van der Waals surface area contributed by atoms with E-state index in [2.05, 4.69) is 15.4 Å². The van der Waals surface area contributed by atoms with Gasteiger partial charge in [0.15, 0.2) is 0 Å². The lowest BCUT2D eigenvalue weighted by atomic mass is 10.1. The van der Waals surface area contributed by atoms with Gasteiger partial charge in [-0.25, -0.2) is 4.98 Å². The van der Waals surface area contributed by atoms with Gasteiger partial charge in [-0.3, -0.25) is 18.8 Å². The number of amides is 1. The van der Waals surface area contributed by atoms with E-state index in [4.69, 9.17) is 5.11 Å². The van der Waals surface area contributed by atoms with Crippen molar-refractivity contribution in [1.29, 1.82) is 0 Å². The average molecular weight is 403 g/mol. The molecule has 30 heavy (non-hydrogen) atoms. The van der Waals surface area contributed by atoms with Crippen LogP contribution in [0.15, 0.2) is 65.8 Å². The normalized spacial score (nSPS) is 11.0. The van der Waals surface area contributed by atoms with Gasteiger partial charge in [0.25, 0.3) is 11.5 Å². The van der Waals surface area contributed by atoms with Gasteiger partial charge in [0, 0.05) is 30.9 Å². The molecule has 0 atom stereocenters. The molecule has 4 aromatic rings. The van der Waals surface area contributed by atoms with E-state index in [-0.39, 0.29) is 24.6 Å². The second kappa shape index (κ2) is 8.30. The van der Waals surface area contributed by atoms with Gasteiger partial charge in [-0.1, -0.05) is 18.2 Å². The molecule has 2 heterocycles. The fourth-order valence-corrected chi connectivity index (χ4v) is 3.37. The van der Waals surface area contributed by atoms with E-state index in [1.165, 1.54) is 10.9 Å². The molecule has 0 aliphatic carbocycles. The number of hydrogen-bond acceptors (Lipinski definition) is 5. The predicted molar refractivity (Wildman–Crippen MR) is 113 cm³/mol. The Hall–Kier alpha value is -3.78. The van der Waals surface area contributed by atoms with E-state index in [1.807, 2.05) is 31.3 Å². The highest BCUT2D eigenvalue weighted by Crippen LogP contribution is 2.21. The van der Waals surface area contributed by atoms with Crippen molar-refractivity contribution in [2.45, 2.75) is 6.54 Å². The van der Waals surface area contributed by atoms with Crippen molar-refractivity contribution in [2.75, 3.05) is 13.2 Å². The number of aliphatic hydroxyl groups excluding tert-OH is 1. The summed E-state index contributed by atoms with van der Waals surface area (Å²) in [5.41, 5.74) is 3.64. The number of carbonyl (C=O) groups excluding carboxylic acids is 1. The Labute approximate surface area is 172 Å². The van der Waals surface area contributed by atoms with Crippen molar-refractivity contribution in [1.82, 2.24) is 24.6 Å². The minimum Gasteiger partial charge on any atom is -0.395 e. The molecular weight excluding hydrogens is 382 g/mol. The largest absolute Gasteiger partial charge is 0.395 e. The number of rotatable bonds is 6. The summed E-state index contributed by atoms with van der Waals surface area (Å²) >= 11 is 0. The summed E-state index contributed by atoms with van der Waals surface area (Å²) in [5, 5.41) is 16.2. The summed E-state index contributed by atoms with van der Waals surface area (Å²) < 4.78 is 3.29. The number of fused-ring (bicyclic) bond motifs is 1. The van der Waals surface area contributed by atoms with Gasteiger partial charge in [-0.15, -0.1) is 0 Å². The maximum absolute atomic E-state index is 13.0. The van der Waals surface area contributed by atoms with Crippen molar-refractivity contribution < 1.29 is 9.90 Å². The highest BCUT2D eigenvalue weighted by atomic mass is 16.3. The molecule has 2 N–H and O–H groups in total. The van der Waals surface area contributed by atoms with Crippen LogP contribution in [-0.2, 0) is 13.6 Å². The zero-order chi connectivity index (χ0) is 21.1. The smallest absolute Gasteiger partial charge is 0.261 e. The summed E-state index contributed by atoms with van der Waals surface area (Å²) in [5.74, 6) is -0.266. The van der Waals surface area contributed by atoms with Crippen molar-refractivity contribution in [3.63, 3.8) is 0 Å². The fraction of sp³-hybridized carbons (Fsp3) is 0.182. The fourth-order valence-electron chi connectivity index (χ4n) is 3.37. The van der Waals surface area contributed by atoms with Gasteiger partial charge in [-0.2, -0.15) is 5.10 Å². The molecule has 4 rings (SSSR count). The monoisotopic (exact) mass is 403 g/mol. The van der Waals surface area contributed by atoms with Crippen LogP contribution in [0.25, 0.3) is 22.2 Å². The number of nitrogens with one attached hydrogen (secondary N) is 1. The molecule has 152 valence electrons. The number of carbonyl (C=O) groups is 1. The van der Waals surface area contributed by atoms with Crippen LogP contribution in [0.2, 0.25) is 0 Å². The first-order valence-corrected chi connectivity index (χ1v) is 9.52. The van der Waals surface area contributed by atoms with Crippen LogP contribution in [0.5, 0.6) is 0 Å². The molecule has 1 amide bonds. The summed E-state index contributed by atoms with van der Waals surface area (Å²) in [6.45, 7) is 0.371. The zero-order valence-electron chi connectivity index (χ0n) is 16.4. The molecule has 0 saturated heterocycles. The van der Waals surface area contributed by atoms with Gasteiger partial charge < -0.3 is 10.4 Å². The maximum Gasteiger partial charge on any atom is 0.261 e. The first-order chi connectivity index (χ1) is 14.6. The number of nitrogens with zero attached hydrogens (tertiary/aromatic N) is 4. The summed E-state index contributed by atoms with van der Waals surface area (Å²) in [6, 6.07) is 14.5. The first kappa shape index (κ1) is 19.5. The zero-order valence-corrected chi connectivity index (χ0v) is 16.4. The quantitative estimate of drug-likeness (QED) is 0.509. The van der Waals surface area contributed by atoms with Crippen molar-refractivity contribution >= 4 is 16.8 Å². The van der Waals surface area contributed by atoms with Crippen molar-refractivity contribution in [3.05, 3.63) is 82.5 Å². The van der Waals surface area contributed by atoms with E-state index < -0.39 is 0 Å². The lowest BCUT2D eigenvalue weighted by Gasteiger charge is -2.10. The summed E-state index contributed by atoms with van der Waals surface area (Å²) in [7, 11) is 1.86. The van der Waals surface area contributed by atoms with Crippen LogP contribution in [-0.4, -0.2) is 43.5 Å². The van der Waals surface area contributed by atoms with E-state index in [1.54, 1.807) is 35.1 Å². The SMILES string of the molecule is Cn1nccc1-c1ccc2c(=O)n(Cc3cccc(C(=O)NCCO)c3)cnc2c1. The Morgan fingerprint density at radius 3 is 2.80 bits per heavy atom. The Balaban J connectivity index is 1.63. The Bertz CT molecular complexity index is 1280. The Morgan fingerprint density at radius 2 is 2.03 bits per heavy atom. The third-order valence-electron chi connectivity index (χ3n) is 4.88. The molecule has 0 unspecified atom stereocenters. The third kappa shape index (κ3) is 3.85. The molecule has 0 radical (unpaired) electrons. The second-order valence-corrected chi connectivity index (χ2v) is 6.93. The van der Waals surface area contributed by atoms with E-state index in [9.17, 15) is 9.59 Å². The molecule has 0 saturated carbocycles. The molecular formula is C22H21N5O3. The Kier molecular flexibility index (Phi) is 5.40. The van der Waals surface area contributed by atoms with Crippen LogP contribution in [0, 0.1) is 0 Å². The maximum atomic E-state index is 13.0. The van der Waals surface area contributed by atoms with Gasteiger partial charge >= 0.3 is 0 Å². The van der Waals surface area contributed by atoms with Gasteiger partial charge in [0.1, 0.15) is 0 Å². The minimum absolute atomic E-state index is 0.119. The highest BCUT2D eigenvalue weighted by molar-refractivity contribution is 5.94. The summed E-state index contributed by atoms with van der Waals surface area (Å²) in [4.78, 5) is 29.5. The molecule has 2 aromatic heterocycles. The van der Waals surface area contributed by atoms with E-state index >= 15 is 0 Å². The van der Waals surface area contributed by atoms with Crippen LogP contribution >= 0.6 is 0 Å². The van der Waals surface area contributed by atoms with Crippen LogP contribution < -0.4 is 10.9 Å². The van der Waals surface area contributed by atoms with Crippen LogP contribution in [0.1, 0.15) is 15.9 Å². The number of hydrogen-bond donors (Lipinski definition) is 2. The van der Waals surface area contributed by atoms with Gasteiger partial charge in [-0.05, 0) is 35.9 Å². The van der Waals surface area contributed by atoms with E-state index in [0.29, 0.717) is 23.0 Å². The van der Waals surface area contributed by atoms with Crippen molar-refractivity contribution in [2.24, 2.45) is 7.05 Å². The molecule has 0 aliphatic rings. The topological polar surface area (TPSA) is 102 Å². The Morgan fingerprint density at radius 1 is 1.17 bits per heavy atom. The van der Waals surface area contributed by atoms with Crippen LogP contribution in [0.3, 0.4) is 0 Å². The van der Waals surface area contributed by atoms with Crippen LogP contribution in [0.4, 0.5) is 0 Å². The van der Waals surface area contributed by atoms with Crippen molar-refractivity contribution in [3.8, 4) is 11.3 Å². The molecule has 2 aromatic carbocycles. The third-order valence-corrected chi connectivity index (χ3v) is 4.88. The van der Waals surface area contributed by atoms with Gasteiger partial charge in [0.2, 0.25) is 0 Å². The molecule has 8 heteroatoms. The standard InChI is InChI=1S/C22H21N5O3/c1-26-20(7-8-25-26)16-5-6-18-19(12-16)24-14-27(22(18)30)13-15-3-2-4-17(11-15)21(29)23-9-10-28/h2-8,11-12,14,28H,9-10,13H2,1H3,(H,23,29). The number of aromatic nitrogens is 4. The van der Waals surface area contributed by atoms with Gasteiger partial charge in [0.05, 0.1) is 36.1 Å². The number of aliphatic hydroxyl groups is 1. The molecule has 0 bridgehead atoms. The second-order valence-electron chi connectivity index (χ2n) is 6.93. The molecule has 0 aliphatic heterocycles.